The predicted octanol–water partition coefficient (Wildman–Crippen LogP) is 0.767. The molecule has 1 aromatic heterocycles. The summed E-state index contributed by atoms with van der Waals surface area (Å²) in [5.41, 5.74) is 0. The SMILES string of the molecule is O=CC(F)(F)c1ncccn1. The quantitative estimate of drug-likeness (QED) is 0.597. The normalized spacial score (nSPS) is 11.1. The molecule has 0 spiro atoms. The Kier molecular flexibility index (Phi) is 1.89. The Balaban J connectivity index is 3.02. The second kappa shape index (κ2) is 2.69. The van der Waals surface area contributed by atoms with Crippen molar-refractivity contribution in [3.63, 3.8) is 0 Å². The average Bonchev–Trinajstić information content (AvgIpc) is 2.06. The van der Waals surface area contributed by atoms with Crippen LogP contribution in [0.4, 0.5) is 8.78 Å². The van der Waals surface area contributed by atoms with Gasteiger partial charge in [-0.1, -0.05) is 0 Å². The third kappa shape index (κ3) is 1.54. The van der Waals surface area contributed by atoms with Gasteiger partial charge in [0.05, 0.1) is 0 Å². The van der Waals surface area contributed by atoms with E-state index in [0.29, 0.717) is 0 Å². The van der Waals surface area contributed by atoms with E-state index in [2.05, 4.69) is 9.97 Å². The molecule has 0 radical (unpaired) electrons. The van der Waals surface area contributed by atoms with E-state index in [-0.39, 0.29) is 0 Å². The second-order valence-corrected chi connectivity index (χ2v) is 1.81. The summed E-state index contributed by atoms with van der Waals surface area (Å²) in [6.45, 7) is 0. The molecule has 0 amide bonds. The number of carbonyl (C=O) groups excluding carboxylic acids is 1. The van der Waals surface area contributed by atoms with Crippen LogP contribution in [0.3, 0.4) is 0 Å². The van der Waals surface area contributed by atoms with Crippen molar-refractivity contribution in [3.05, 3.63) is 24.3 Å². The summed E-state index contributed by atoms with van der Waals surface area (Å²) < 4.78 is 24.8. The van der Waals surface area contributed by atoms with E-state index in [1.54, 1.807) is 0 Å². The molecule has 0 saturated heterocycles. The van der Waals surface area contributed by atoms with Crippen molar-refractivity contribution in [3.8, 4) is 0 Å². The standard InChI is InChI=1S/C6H4F2N2O/c7-6(8,4-11)5-9-2-1-3-10-5/h1-4H. The van der Waals surface area contributed by atoms with E-state index < -0.39 is 18.0 Å². The summed E-state index contributed by atoms with van der Waals surface area (Å²) in [6.07, 6.45) is 1.82. The van der Waals surface area contributed by atoms with E-state index in [4.69, 9.17) is 0 Å². The maximum absolute atomic E-state index is 12.4. The minimum Gasteiger partial charge on any atom is -0.296 e. The average molecular weight is 158 g/mol. The van der Waals surface area contributed by atoms with E-state index >= 15 is 0 Å². The largest absolute Gasteiger partial charge is 0.360 e. The van der Waals surface area contributed by atoms with Gasteiger partial charge < -0.3 is 0 Å². The van der Waals surface area contributed by atoms with Crippen LogP contribution in [-0.4, -0.2) is 16.3 Å². The summed E-state index contributed by atoms with van der Waals surface area (Å²) in [5, 5.41) is 0. The van der Waals surface area contributed by atoms with E-state index in [0.717, 1.165) is 12.4 Å². The zero-order valence-electron chi connectivity index (χ0n) is 5.37. The highest BCUT2D eigenvalue weighted by atomic mass is 19.3. The molecule has 5 heteroatoms. The van der Waals surface area contributed by atoms with Crippen molar-refractivity contribution in [1.29, 1.82) is 0 Å². The van der Waals surface area contributed by atoms with Gasteiger partial charge in [0.1, 0.15) is 0 Å². The molecular weight excluding hydrogens is 154 g/mol. The van der Waals surface area contributed by atoms with Crippen LogP contribution in [0.1, 0.15) is 5.82 Å². The molecule has 1 heterocycles. The van der Waals surface area contributed by atoms with Crippen molar-refractivity contribution < 1.29 is 13.6 Å². The van der Waals surface area contributed by atoms with Gasteiger partial charge in [-0.3, -0.25) is 4.79 Å². The highest BCUT2D eigenvalue weighted by molar-refractivity contribution is 5.60. The van der Waals surface area contributed by atoms with Gasteiger partial charge in [-0.05, 0) is 6.07 Å². The number of hydrogen-bond acceptors (Lipinski definition) is 3. The molecule has 0 fully saturated rings. The molecule has 11 heavy (non-hydrogen) atoms. The first kappa shape index (κ1) is 7.71. The summed E-state index contributed by atoms with van der Waals surface area (Å²) in [5.74, 6) is -4.34. The first-order chi connectivity index (χ1) is 5.17. The molecule has 0 aliphatic rings. The van der Waals surface area contributed by atoms with Gasteiger partial charge in [0.2, 0.25) is 5.82 Å². The minimum atomic E-state index is -3.57. The molecule has 0 atom stereocenters. The minimum absolute atomic E-state index is 0.484. The highest BCUT2D eigenvalue weighted by Crippen LogP contribution is 2.20. The van der Waals surface area contributed by atoms with E-state index in [1.165, 1.54) is 6.07 Å². The zero-order valence-corrected chi connectivity index (χ0v) is 5.37. The van der Waals surface area contributed by atoms with Crippen molar-refractivity contribution in [2.24, 2.45) is 0 Å². The maximum atomic E-state index is 12.4. The molecule has 3 nitrogen and oxygen atoms in total. The number of rotatable bonds is 2. The lowest BCUT2D eigenvalue weighted by atomic mass is 10.3. The molecule has 0 aliphatic heterocycles. The Bertz CT molecular complexity index is 250. The fourth-order valence-corrected chi connectivity index (χ4v) is 0.524. The van der Waals surface area contributed by atoms with Crippen molar-refractivity contribution >= 4 is 6.29 Å². The zero-order chi connectivity index (χ0) is 8.32. The van der Waals surface area contributed by atoms with Crippen LogP contribution >= 0.6 is 0 Å². The lowest BCUT2D eigenvalue weighted by molar-refractivity contribution is -0.131. The molecule has 0 saturated carbocycles. The molecule has 1 aromatic rings. The molecule has 0 bridgehead atoms. The van der Waals surface area contributed by atoms with Crippen molar-refractivity contribution in [2.45, 2.75) is 5.92 Å². The number of alkyl halides is 2. The summed E-state index contributed by atoms with van der Waals surface area (Å²) in [4.78, 5) is 16.3. The van der Waals surface area contributed by atoms with Crippen LogP contribution in [0, 0.1) is 0 Å². The second-order valence-electron chi connectivity index (χ2n) is 1.81. The van der Waals surface area contributed by atoms with Gasteiger partial charge in [0, 0.05) is 12.4 Å². The van der Waals surface area contributed by atoms with Crippen LogP contribution < -0.4 is 0 Å². The summed E-state index contributed by atoms with van der Waals surface area (Å²) in [6, 6.07) is 1.39. The van der Waals surface area contributed by atoms with Gasteiger partial charge in [0.15, 0.2) is 6.29 Å². The number of aldehydes is 1. The molecule has 0 aromatic carbocycles. The third-order valence-electron chi connectivity index (χ3n) is 1.01. The smallest absolute Gasteiger partial charge is 0.296 e. The molecular formula is C6H4F2N2O. The van der Waals surface area contributed by atoms with Gasteiger partial charge in [-0.25, -0.2) is 9.97 Å². The number of halogens is 2. The number of carbonyl (C=O) groups is 1. The van der Waals surface area contributed by atoms with Crippen molar-refractivity contribution in [1.82, 2.24) is 9.97 Å². The van der Waals surface area contributed by atoms with Crippen LogP contribution in [0.25, 0.3) is 0 Å². The lowest BCUT2D eigenvalue weighted by Crippen LogP contribution is -2.18. The maximum Gasteiger partial charge on any atom is 0.360 e. The molecule has 1 rings (SSSR count). The lowest BCUT2D eigenvalue weighted by Gasteiger charge is -2.04. The first-order valence-electron chi connectivity index (χ1n) is 2.78. The Hall–Kier alpha value is -1.39. The van der Waals surface area contributed by atoms with Crippen LogP contribution in [0.5, 0.6) is 0 Å². The van der Waals surface area contributed by atoms with E-state index in [9.17, 15) is 13.6 Å². The van der Waals surface area contributed by atoms with Crippen molar-refractivity contribution in [2.75, 3.05) is 0 Å². The molecule has 0 aliphatic carbocycles. The van der Waals surface area contributed by atoms with Gasteiger partial charge in [0.25, 0.3) is 0 Å². The van der Waals surface area contributed by atoms with Gasteiger partial charge in [-0.15, -0.1) is 0 Å². The first-order valence-corrected chi connectivity index (χ1v) is 2.78. The van der Waals surface area contributed by atoms with Crippen LogP contribution in [0.15, 0.2) is 18.5 Å². The van der Waals surface area contributed by atoms with Gasteiger partial charge >= 0.3 is 5.92 Å². The Morgan fingerprint density at radius 1 is 1.36 bits per heavy atom. The fraction of sp³-hybridized carbons (Fsp3) is 0.167. The Morgan fingerprint density at radius 2 is 1.91 bits per heavy atom. The molecule has 58 valence electrons. The van der Waals surface area contributed by atoms with E-state index in [1.807, 2.05) is 0 Å². The molecule has 0 unspecified atom stereocenters. The number of hydrogen-bond donors (Lipinski definition) is 0. The van der Waals surface area contributed by atoms with Gasteiger partial charge in [-0.2, -0.15) is 8.78 Å². The predicted molar refractivity (Wildman–Crippen MR) is 32.0 cm³/mol. The monoisotopic (exact) mass is 158 g/mol. The third-order valence-corrected chi connectivity index (χ3v) is 1.01. The Morgan fingerprint density at radius 3 is 2.36 bits per heavy atom. The highest BCUT2D eigenvalue weighted by Gasteiger charge is 2.33. The Labute approximate surface area is 61.1 Å². The number of nitrogens with zero attached hydrogens (tertiary/aromatic N) is 2. The van der Waals surface area contributed by atoms with Crippen LogP contribution in [-0.2, 0) is 10.7 Å². The number of aromatic nitrogens is 2. The summed E-state index contributed by atoms with van der Waals surface area (Å²) >= 11 is 0. The fourth-order valence-electron chi connectivity index (χ4n) is 0.524. The molecule has 0 N–H and O–H groups in total. The topological polar surface area (TPSA) is 42.9 Å². The summed E-state index contributed by atoms with van der Waals surface area (Å²) in [7, 11) is 0. The van der Waals surface area contributed by atoms with Crippen LogP contribution in [0.2, 0.25) is 0 Å².